The number of hydrogen-bond acceptors (Lipinski definition) is 2. The topological polar surface area (TPSA) is 41.1 Å². The number of carbonyl (C=O) groups excluding carboxylic acids is 1. The first kappa shape index (κ1) is 11.5. The maximum absolute atomic E-state index is 11.0. The highest BCUT2D eigenvalue weighted by Gasteiger charge is 2.30. The van der Waals surface area contributed by atoms with Gasteiger partial charge in [-0.05, 0) is 39.2 Å². The van der Waals surface area contributed by atoms with Gasteiger partial charge in [0.1, 0.15) is 0 Å². The van der Waals surface area contributed by atoms with Crippen molar-refractivity contribution >= 4 is 5.91 Å². The summed E-state index contributed by atoms with van der Waals surface area (Å²) in [5, 5.41) is 6.52. The van der Waals surface area contributed by atoms with Gasteiger partial charge in [0.25, 0.3) is 0 Å². The molecule has 0 aliphatic heterocycles. The summed E-state index contributed by atoms with van der Waals surface area (Å²) in [6, 6.07) is 0.654. The predicted octanol–water partition coefficient (Wildman–Crippen LogP) is 1.43. The van der Waals surface area contributed by atoms with Gasteiger partial charge in [0.05, 0.1) is 0 Å². The molecule has 14 heavy (non-hydrogen) atoms. The molecule has 0 spiro atoms. The standard InChI is InChI=1S/C11H22N2O/c1-4-12-10-5-7-11(3,8-6-10)13-9(2)14/h10,12H,4-8H2,1-3H3,(H,13,14). The normalized spacial score (nSPS) is 32.6. The Kier molecular flexibility index (Phi) is 3.93. The Morgan fingerprint density at radius 3 is 2.43 bits per heavy atom. The quantitative estimate of drug-likeness (QED) is 0.720. The van der Waals surface area contributed by atoms with E-state index in [4.69, 9.17) is 0 Å². The third-order valence-corrected chi connectivity index (χ3v) is 3.06. The molecule has 0 bridgehead atoms. The molecule has 0 saturated heterocycles. The second kappa shape index (κ2) is 4.78. The summed E-state index contributed by atoms with van der Waals surface area (Å²) in [6.45, 7) is 6.93. The zero-order chi connectivity index (χ0) is 10.6. The third-order valence-electron chi connectivity index (χ3n) is 3.06. The summed E-state index contributed by atoms with van der Waals surface area (Å²) >= 11 is 0. The van der Waals surface area contributed by atoms with E-state index in [0.717, 1.165) is 19.4 Å². The maximum atomic E-state index is 11.0. The third kappa shape index (κ3) is 3.29. The summed E-state index contributed by atoms with van der Waals surface area (Å²) in [5.74, 6) is 0.0920. The van der Waals surface area contributed by atoms with Crippen LogP contribution in [0, 0.1) is 0 Å². The van der Waals surface area contributed by atoms with Crippen LogP contribution in [0.1, 0.15) is 46.5 Å². The van der Waals surface area contributed by atoms with Crippen LogP contribution < -0.4 is 10.6 Å². The highest BCUT2D eigenvalue weighted by atomic mass is 16.1. The van der Waals surface area contributed by atoms with E-state index >= 15 is 0 Å². The number of hydrogen-bond donors (Lipinski definition) is 2. The maximum Gasteiger partial charge on any atom is 0.217 e. The van der Waals surface area contributed by atoms with Crippen molar-refractivity contribution in [2.75, 3.05) is 6.54 Å². The van der Waals surface area contributed by atoms with Crippen LogP contribution in [-0.4, -0.2) is 24.0 Å². The summed E-state index contributed by atoms with van der Waals surface area (Å²) in [6.07, 6.45) is 4.52. The van der Waals surface area contributed by atoms with Crippen molar-refractivity contribution in [2.24, 2.45) is 0 Å². The van der Waals surface area contributed by atoms with Crippen molar-refractivity contribution in [3.63, 3.8) is 0 Å². The molecule has 0 aromatic heterocycles. The van der Waals surface area contributed by atoms with Gasteiger partial charge in [0, 0.05) is 18.5 Å². The minimum absolute atomic E-state index is 0.0394. The Morgan fingerprint density at radius 1 is 1.43 bits per heavy atom. The predicted molar refractivity (Wildman–Crippen MR) is 58.2 cm³/mol. The second-order valence-corrected chi connectivity index (χ2v) is 4.57. The number of amides is 1. The molecular weight excluding hydrogens is 176 g/mol. The van der Waals surface area contributed by atoms with Crippen molar-refractivity contribution in [2.45, 2.75) is 58.0 Å². The highest BCUT2D eigenvalue weighted by Crippen LogP contribution is 2.27. The van der Waals surface area contributed by atoms with Gasteiger partial charge in [-0.3, -0.25) is 4.79 Å². The summed E-state index contributed by atoms with van der Waals surface area (Å²) < 4.78 is 0. The van der Waals surface area contributed by atoms with Gasteiger partial charge in [-0.15, -0.1) is 0 Å². The highest BCUT2D eigenvalue weighted by molar-refractivity contribution is 5.73. The Hall–Kier alpha value is -0.570. The van der Waals surface area contributed by atoms with Crippen LogP contribution in [0.25, 0.3) is 0 Å². The van der Waals surface area contributed by atoms with Gasteiger partial charge in [-0.25, -0.2) is 0 Å². The fourth-order valence-electron chi connectivity index (χ4n) is 2.30. The zero-order valence-electron chi connectivity index (χ0n) is 9.52. The molecule has 0 aromatic carbocycles. The van der Waals surface area contributed by atoms with Crippen molar-refractivity contribution in [1.82, 2.24) is 10.6 Å². The molecular formula is C11H22N2O. The summed E-state index contributed by atoms with van der Waals surface area (Å²) in [4.78, 5) is 11.0. The molecule has 0 unspecified atom stereocenters. The average Bonchev–Trinajstić information content (AvgIpc) is 2.08. The van der Waals surface area contributed by atoms with Gasteiger partial charge in [0.2, 0.25) is 5.91 Å². The number of carbonyl (C=O) groups is 1. The lowest BCUT2D eigenvalue weighted by Gasteiger charge is -2.38. The van der Waals surface area contributed by atoms with E-state index in [9.17, 15) is 4.79 Å². The Labute approximate surface area is 86.6 Å². The van der Waals surface area contributed by atoms with Crippen molar-refractivity contribution in [1.29, 1.82) is 0 Å². The molecule has 0 atom stereocenters. The monoisotopic (exact) mass is 198 g/mol. The fourth-order valence-corrected chi connectivity index (χ4v) is 2.30. The zero-order valence-corrected chi connectivity index (χ0v) is 9.52. The average molecular weight is 198 g/mol. The molecule has 2 N–H and O–H groups in total. The fraction of sp³-hybridized carbons (Fsp3) is 0.909. The molecule has 1 saturated carbocycles. The van der Waals surface area contributed by atoms with E-state index in [0.29, 0.717) is 6.04 Å². The van der Waals surface area contributed by atoms with Crippen molar-refractivity contribution in [3.8, 4) is 0 Å². The minimum Gasteiger partial charge on any atom is -0.351 e. The molecule has 1 amide bonds. The lowest BCUT2D eigenvalue weighted by atomic mass is 9.81. The van der Waals surface area contributed by atoms with E-state index in [-0.39, 0.29) is 11.4 Å². The first-order valence-corrected chi connectivity index (χ1v) is 5.58. The van der Waals surface area contributed by atoms with E-state index in [2.05, 4.69) is 24.5 Å². The molecule has 0 radical (unpaired) electrons. The van der Waals surface area contributed by atoms with Crippen molar-refractivity contribution in [3.05, 3.63) is 0 Å². The second-order valence-electron chi connectivity index (χ2n) is 4.57. The molecule has 3 nitrogen and oxygen atoms in total. The Morgan fingerprint density at radius 2 is 2.00 bits per heavy atom. The Balaban J connectivity index is 2.36. The van der Waals surface area contributed by atoms with E-state index in [1.807, 2.05) is 0 Å². The molecule has 1 aliphatic carbocycles. The largest absolute Gasteiger partial charge is 0.351 e. The molecule has 1 fully saturated rings. The van der Waals surface area contributed by atoms with Gasteiger partial charge in [0.15, 0.2) is 0 Å². The molecule has 1 rings (SSSR count). The van der Waals surface area contributed by atoms with E-state index in [1.54, 1.807) is 6.92 Å². The van der Waals surface area contributed by atoms with Crippen LogP contribution in [0.15, 0.2) is 0 Å². The molecule has 0 aromatic rings. The van der Waals surface area contributed by atoms with Crippen LogP contribution in [-0.2, 0) is 4.79 Å². The van der Waals surface area contributed by atoms with Crippen LogP contribution in [0.2, 0.25) is 0 Å². The SMILES string of the molecule is CCNC1CCC(C)(NC(C)=O)CC1. The first-order chi connectivity index (χ1) is 6.56. The summed E-state index contributed by atoms with van der Waals surface area (Å²) in [5.41, 5.74) is 0.0394. The van der Waals surface area contributed by atoms with Gasteiger partial charge < -0.3 is 10.6 Å². The minimum atomic E-state index is 0.0394. The van der Waals surface area contributed by atoms with Gasteiger partial charge in [-0.1, -0.05) is 6.92 Å². The first-order valence-electron chi connectivity index (χ1n) is 5.58. The molecule has 0 heterocycles. The number of rotatable bonds is 3. The van der Waals surface area contributed by atoms with E-state index in [1.165, 1.54) is 12.8 Å². The number of nitrogens with one attached hydrogen (secondary N) is 2. The van der Waals surface area contributed by atoms with Gasteiger partial charge >= 0.3 is 0 Å². The summed E-state index contributed by atoms with van der Waals surface area (Å²) in [7, 11) is 0. The van der Waals surface area contributed by atoms with Crippen LogP contribution in [0.4, 0.5) is 0 Å². The molecule has 3 heteroatoms. The van der Waals surface area contributed by atoms with Crippen LogP contribution in [0.3, 0.4) is 0 Å². The smallest absolute Gasteiger partial charge is 0.217 e. The van der Waals surface area contributed by atoms with Gasteiger partial charge in [-0.2, -0.15) is 0 Å². The lowest BCUT2D eigenvalue weighted by Crippen LogP contribution is -2.50. The van der Waals surface area contributed by atoms with Crippen molar-refractivity contribution < 1.29 is 4.79 Å². The van der Waals surface area contributed by atoms with Crippen LogP contribution in [0.5, 0.6) is 0 Å². The lowest BCUT2D eigenvalue weighted by molar-refractivity contribution is -0.121. The van der Waals surface area contributed by atoms with E-state index < -0.39 is 0 Å². The van der Waals surface area contributed by atoms with Crippen LogP contribution >= 0.6 is 0 Å². The Bertz CT molecular complexity index is 195. The molecule has 82 valence electrons. The molecule has 1 aliphatic rings.